The normalized spacial score (nSPS) is 13.7. The van der Waals surface area contributed by atoms with Gasteiger partial charge in [-0.15, -0.1) is 12.3 Å². The summed E-state index contributed by atoms with van der Waals surface area (Å²) < 4.78 is 16.3. The van der Waals surface area contributed by atoms with Crippen molar-refractivity contribution in [3.63, 3.8) is 0 Å². The van der Waals surface area contributed by atoms with Gasteiger partial charge in [0.15, 0.2) is 0 Å². The zero-order valence-electron chi connectivity index (χ0n) is 19.5. The SMILES string of the molecule is C#CC.COC(=O)CCc1ccc(OC2CCc3cc(-c4cccc(OC)c4)ccc32)cc1. The number of esters is 1. The highest BCUT2D eigenvalue weighted by atomic mass is 16.5. The van der Waals surface area contributed by atoms with Gasteiger partial charge in [-0.2, -0.15) is 0 Å². The van der Waals surface area contributed by atoms with Crippen LogP contribution in [0.15, 0.2) is 66.7 Å². The molecular weight excluding hydrogens is 412 g/mol. The molecule has 0 saturated heterocycles. The maximum atomic E-state index is 11.3. The first-order valence-electron chi connectivity index (χ1n) is 11.0. The summed E-state index contributed by atoms with van der Waals surface area (Å²) in [6, 6.07) is 22.7. The van der Waals surface area contributed by atoms with Gasteiger partial charge in [0.05, 0.1) is 14.2 Å². The Labute approximate surface area is 196 Å². The summed E-state index contributed by atoms with van der Waals surface area (Å²) in [5, 5.41) is 0. The van der Waals surface area contributed by atoms with Gasteiger partial charge in [0.1, 0.15) is 17.6 Å². The van der Waals surface area contributed by atoms with Crippen molar-refractivity contribution in [1.29, 1.82) is 0 Å². The van der Waals surface area contributed by atoms with Crippen LogP contribution in [0.4, 0.5) is 0 Å². The third kappa shape index (κ3) is 6.40. The monoisotopic (exact) mass is 442 g/mol. The molecule has 0 aliphatic heterocycles. The Kier molecular flexibility index (Phi) is 8.55. The first-order valence-corrected chi connectivity index (χ1v) is 11.0. The molecule has 0 saturated carbocycles. The second-order valence-electron chi connectivity index (χ2n) is 7.80. The standard InChI is InChI=1S/C26H26O4.C3H4/c1-28-23-5-3-4-19(17-23)20-9-13-24-21(16-20)10-14-25(24)30-22-11-6-18(7-12-22)8-15-26(27)29-2;1-3-2/h3-7,9,11-13,16-17,25H,8,10,14-15H2,1-2H3;1H,2H3. The number of hydrogen-bond acceptors (Lipinski definition) is 4. The van der Waals surface area contributed by atoms with E-state index in [1.807, 2.05) is 36.4 Å². The minimum Gasteiger partial charge on any atom is -0.497 e. The van der Waals surface area contributed by atoms with E-state index in [0.29, 0.717) is 12.8 Å². The molecule has 3 aromatic rings. The predicted octanol–water partition coefficient (Wildman–Crippen LogP) is 6.17. The molecule has 1 atom stereocenters. The van der Waals surface area contributed by atoms with E-state index in [1.54, 1.807) is 14.0 Å². The minimum atomic E-state index is -0.189. The summed E-state index contributed by atoms with van der Waals surface area (Å²) in [6.45, 7) is 1.65. The Morgan fingerprint density at radius 2 is 1.73 bits per heavy atom. The molecule has 0 fully saturated rings. The predicted molar refractivity (Wildman–Crippen MR) is 131 cm³/mol. The fraction of sp³-hybridized carbons (Fsp3) is 0.276. The molecule has 0 aromatic heterocycles. The minimum absolute atomic E-state index is 0.0697. The number of carbonyl (C=O) groups is 1. The highest BCUT2D eigenvalue weighted by Gasteiger charge is 2.24. The van der Waals surface area contributed by atoms with Gasteiger partial charge in [-0.05, 0) is 78.3 Å². The van der Waals surface area contributed by atoms with Gasteiger partial charge in [0.2, 0.25) is 0 Å². The van der Waals surface area contributed by atoms with Gasteiger partial charge < -0.3 is 14.2 Å². The van der Waals surface area contributed by atoms with Crippen molar-refractivity contribution in [2.75, 3.05) is 14.2 Å². The van der Waals surface area contributed by atoms with Crippen LogP contribution in [0.25, 0.3) is 11.1 Å². The summed E-state index contributed by atoms with van der Waals surface area (Å²) in [6.07, 6.45) is 7.71. The molecule has 1 unspecified atom stereocenters. The molecule has 4 nitrogen and oxygen atoms in total. The van der Waals surface area contributed by atoms with Gasteiger partial charge in [0.25, 0.3) is 0 Å². The third-order valence-electron chi connectivity index (χ3n) is 5.62. The largest absolute Gasteiger partial charge is 0.497 e. The van der Waals surface area contributed by atoms with Crippen LogP contribution in [0.3, 0.4) is 0 Å². The van der Waals surface area contributed by atoms with Crippen LogP contribution < -0.4 is 9.47 Å². The maximum absolute atomic E-state index is 11.3. The zero-order chi connectivity index (χ0) is 23.6. The number of terminal acetylenes is 1. The van der Waals surface area contributed by atoms with E-state index in [2.05, 4.69) is 42.7 Å². The van der Waals surface area contributed by atoms with E-state index in [9.17, 15) is 4.79 Å². The van der Waals surface area contributed by atoms with Crippen LogP contribution in [0.5, 0.6) is 11.5 Å². The molecule has 0 heterocycles. The summed E-state index contributed by atoms with van der Waals surface area (Å²) >= 11 is 0. The summed E-state index contributed by atoms with van der Waals surface area (Å²) in [5.41, 5.74) is 6.06. The molecule has 0 bridgehead atoms. The molecular formula is C29H30O4. The van der Waals surface area contributed by atoms with E-state index < -0.39 is 0 Å². The Morgan fingerprint density at radius 1 is 1.00 bits per heavy atom. The molecule has 1 aliphatic rings. The second-order valence-corrected chi connectivity index (χ2v) is 7.80. The van der Waals surface area contributed by atoms with Gasteiger partial charge in [0, 0.05) is 6.42 Å². The van der Waals surface area contributed by atoms with Crippen LogP contribution in [-0.2, 0) is 22.4 Å². The average molecular weight is 443 g/mol. The van der Waals surface area contributed by atoms with Crippen molar-refractivity contribution in [3.8, 4) is 35.0 Å². The summed E-state index contributed by atoms with van der Waals surface area (Å²) in [7, 11) is 3.10. The highest BCUT2D eigenvalue weighted by molar-refractivity contribution is 5.69. The molecule has 0 spiro atoms. The molecule has 3 aromatic carbocycles. The van der Waals surface area contributed by atoms with Crippen molar-refractivity contribution in [2.45, 2.75) is 38.7 Å². The number of ether oxygens (including phenoxy) is 3. The van der Waals surface area contributed by atoms with Crippen molar-refractivity contribution in [1.82, 2.24) is 0 Å². The van der Waals surface area contributed by atoms with Crippen LogP contribution in [0.1, 0.15) is 42.6 Å². The van der Waals surface area contributed by atoms with Crippen LogP contribution in [0, 0.1) is 12.3 Å². The molecule has 170 valence electrons. The number of benzene rings is 3. The molecule has 33 heavy (non-hydrogen) atoms. The number of methoxy groups -OCH3 is 2. The van der Waals surface area contributed by atoms with Gasteiger partial charge in [-0.1, -0.05) is 42.5 Å². The maximum Gasteiger partial charge on any atom is 0.305 e. The first kappa shape index (κ1) is 23.9. The molecule has 4 heteroatoms. The topological polar surface area (TPSA) is 44.8 Å². The van der Waals surface area contributed by atoms with Crippen molar-refractivity contribution >= 4 is 5.97 Å². The Balaban J connectivity index is 0.000000968. The molecule has 1 aliphatic carbocycles. The van der Waals surface area contributed by atoms with Gasteiger partial charge >= 0.3 is 5.97 Å². The summed E-state index contributed by atoms with van der Waals surface area (Å²) in [5.74, 6) is 3.78. The number of aryl methyl sites for hydroxylation is 2. The Hall–Kier alpha value is -3.71. The smallest absolute Gasteiger partial charge is 0.305 e. The molecule has 0 radical (unpaired) electrons. The average Bonchev–Trinajstić information content (AvgIpc) is 3.25. The first-order chi connectivity index (χ1) is 16.1. The summed E-state index contributed by atoms with van der Waals surface area (Å²) in [4.78, 5) is 11.3. The number of fused-ring (bicyclic) bond motifs is 1. The molecule has 0 amide bonds. The van der Waals surface area contributed by atoms with Gasteiger partial charge in [-0.25, -0.2) is 0 Å². The van der Waals surface area contributed by atoms with E-state index in [-0.39, 0.29) is 12.1 Å². The highest BCUT2D eigenvalue weighted by Crippen LogP contribution is 2.37. The van der Waals surface area contributed by atoms with E-state index in [0.717, 1.165) is 35.5 Å². The fourth-order valence-electron chi connectivity index (χ4n) is 3.93. The van der Waals surface area contributed by atoms with Crippen molar-refractivity contribution < 1.29 is 19.0 Å². The van der Waals surface area contributed by atoms with Gasteiger partial charge in [-0.3, -0.25) is 4.79 Å². The van der Waals surface area contributed by atoms with E-state index in [1.165, 1.54) is 23.8 Å². The number of hydrogen-bond donors (Lipinski definition) is 0. The third-order valence-corrected chi connectivity index (χ3v) is 5.62. The van der Waals surface area contributed by atoms with Crippen LogP contribution in [0.2, 0.25) is 0 Å². The van der Waals surface area contributed by atoms with Crippen LogP contribution in [-0.4, -0.2) is 20.2 Å². The number of carbonyl (C=O) groups excluding carboxylic acids is 1. The molecule has 0 N–H and O–H groups in total. The van der Waals surface area contributed by atoms with Crippen LogP contribution >= 0.6 is 0 Å². The lowest BCUT2D eigenvalue weighted by Crippen LogP contribution is -2.04. The van der Waals surface area contributed by atoms with Crippen molar-refractivity contribution in [2.24, 2.45) is 0 Å². The molecule has 4 rings (SSSR count). The number of rotatable bonds is 7. The Morgan fingerprint density at radius 3 is 2.42 bits per heavy atom. The lowest BCUT2D eigenvalue weighted by molar-refractivity contribution is -0.140. The second kappa shape index (κ2) is 11.8. The Bertz CT molecular complexity index is 1110. The van der Waals surface area contributed by atoms with E-state index in [4.69, 9.17) is 14.2 Å². The quantitative estimate of drug-likeness (QED) is 0.324. The lowest BCUT2D eigenvalue weighted by Gasteiger charge is -2.16. The zero-order valence-corrected chi connectivity index (χ0v) is 19.5. The van der Waals surface area contributed by atoms with Crippen molar-refractivity contribution in [3.05, 3.63) is 83.4 Å². The fourth-order valence-corrected chi connectivity index (χ4v) is 3.93. The van der Waals surface area contributed by atoms with E-state index >= 15 is 0 Å². The lowest BCUT2D eigenvalue weighted by atomic mass is 10.00.